The van der Waals surface area contributed by atoms with Crippen molar-refractivity contribution >= 4 is 5.91 Å². The Kier molecular flexibility index (Phi) is 2.79. The minimum absolute atomic E-state index is 0.239. The van der Waals surface area contributed by atoms with E-state index in [-0.39, 0.29) is 11.4 Å². The fourth-order valence-corrected chi connectivity index (χ4v) is 5.91. The van der Waals surface area contributed by atoms with E-state index < -0.39 is 0 Å². The zero-order valence-corrected chi connectivity index (χ0v) is 12.7. The van der Waals surface area contributed by atoms with Crippen molar-refractivity contribution in [3.63, 3.8) is 0 Å². The van der Waals surface area contributed by atoms with Crippen molar-refractivity contribution in [1.82, 2.24) is 10.2 Å². The van der Waals surface area contributed by atoms with Gasteiger partial charge in [-0.15, -0.1) is 0 Å². The summed E-state index contributed by atoms with van der Waals surface area (Å²) in [4.78, 5) is 14.4. The monoisotopic (exact) mass is 274 g/mol. The van der Waals surface area contributed by atoms with Gasteiger partial charge in [0.1, 0.15) is 0 Å². The molecule has 2 heterocycles. The summed E-state index contributed by atoms with van der Waals surface area (Å²) in [5.74, 6) is 2.69. The Morgan fingerprint density at radius 1 is 1.35 bits per heavy atom. The predicted octanol–water partition coefficient (Wildman–Crippen LogP) is 2.68. The summed E-state index contributed by atoms with van der Waals surface area (Å²) in [6.07, 6.45) is 8.23. The number of amides is 1. The largest absolute Gasteiger partial charge is 0.330 e. The number of allylic oxidation sites excluding steroid dienone is 1. The first-order valence-corrected chi connectivity index (χ1v) is 8.35. The molecule has 0 radical (unpaired) electrons. The molecular formula is C17H26N2O. The number of hydrogen-bond acceptors (Lipinski definition) is 2. The van der Waals surface area contributed by atoms with Crippen LogP contribution >= 0.6 is 0 Å². The zero-order valence-electron chi connectivity index (χ0n) is 12.7. The van der Waals surface area contributed by atoms with E-state index >= 15 is 0 Å². The summed E-state index contributed by atoms with van der Waals surface area (Å²) in [5.41, 5.74) is 3.19. The first kappa shape index (κ1) is 12.9. The van der Waals surface area contributed by atoms with Gasteiger partial charge in [-0.05, 0) is 75.4 Å². The van der Waals surface area contributed by atoms with Gasteiger partial charge >= 0.3 is 0 Å². The standard InChI is InChI=1S/C17H26N2O/c1-11-8-12-9-15-14(5-6-16(20)18-15)17(10-11)13(12)4-3-7-19(17)2/h11-13H,3-10H2,1-2H3,(H,18,20)/t11-,12+,13-,17+/m1/s1. The summed E-state index contributed by atoms with van der Waals surface area (Å²) in [5, 5.41) is 3.22. The molecule has 2 aliphatic heterocycles. The van der Waals surface area contributed by atoms with Gasteiger partial charge in [0.2, 0.25) is 5.91 Å². The molecule has 0 aromatic rings. The molecule has 2 bridgehead atoms. The van der Waals surface area contributed by atoms with E-state index in [4.69, 9.17) is 0 Å². The fourth-order valence-electron chi connectivity index (χ4n) is 5.91. The maximum absolute atomic E-state index is 11.8. The van der Waals surface area contributed by atoms with Gasteiger partial charge in [-0.2, -0.15) is 0 Å². The summed E-state index contributed by atoms with van der Waals surface area (Å²) >= 11 is 0. The molecule has 2 aliphatic carbocycles. The number of carbonyl (C=O) groups is 1. The third-order valence-electron chi connectivity index (χ3n) is 6.48. The molecule has 3 nitrogen and oxygen atoms in total. The lowest BCUT2D eigenvalue weighted by atomic mass is 9.52. The second kappa shape index (κ2) is 4.33. The molecule has 1 N–H and O–H groups in total. The highest BCUT2D eigenvalue weighted by atomic mass is 16.1. The van der Waals surface area contributed by atoms with Crippen LogP contribution in [0.2, 0.25) is 0 Å². The van der Waals surface area contributed by atoms with Crippen LogP contribution in [0.25, 0.3) is 0 Å². The van der Waals surface area contributed by atoms with Gasteiger partial charge in [-0.25, -0.2) is 0 Å². The fraction of sp³-hybridized carbons (Fsp3) is 0.824. The molecule has 0 unspecified atom stereocenters. The number of carbonyl (C=O) groups excluding carboxylic acids is 1. The normalized spacial score (nSPS) is 44.7. The van der Waals surface area contributed by atoms with Crippen LogP contribution in [0.4, 0.5) is 0 Å². The van der Waals surface area contributed by atoms with Crippen molar-refractivity contribution in [2.75, 3.05) is 13.6 Å². The third kappa shape index (κ3) is 1.59. The van der Waals surface area contributed by atoms with E-state index in [1.807, 2.05) is 0 Å². The lowest BCUT2D eigenvalue weighted by molar-refractivity contribution is -0.122. The van der Waals surface area contributed by atoms with Crippen LogP contribution in [0, 0.1) is 17.8 Å². The van der Waals surface area contributed by atoms with Crippen molar-refractivity contribution in [2.24, 2.45) is 17.8 Å². The molecule has 1 amide bonds. The molecule has 0 aromatic heterocycles. The Labute approximate surface area is 121 Å². The molecule has 0 aromatic carbocycles. The van der Waals surface area contributed by atoms with Crippen LogP contribution in [0.3, 0.4) is 0 Å². The van der Waals surface area contributed by atoms with Crippen molar-refractivity contribution in [1.29, 1.82) is 0 Å². The third-order valence-corrected chi connectivity index (χ3v) is 6.48. The summed E-state index contributed by atoms with van der Waals surface area (Å²) in [6, 6.07) is 0. The van der Waals surface area contributed by atoms with Crippen molar-refractivity contribution in [3.8, 4) is 0 Å². The van der Waals surface area contributed by atoms with Crippen LogP contribution in [-0.4, -0.2) is 29.9 Å². The van der Waals surface area contributed by atoms with Gasteiger partial charge in [0, 0.05) is 17.7 Å². The highest BCUT2D eigenvalue weighted by Gasteiger charge is 2.57. The van der Waals surface area contributed by atoms with Gasteiger partial charge in [0.25, 0.3) is 0 Å². The smallest absolute Gasteiger partial charge is 0.224 e. The Morgan fingerprint density at radius 2 is 2.20 bits per heavy atom. The van der Waals surface area contributed by atoms with Crippen molar-refractivity contribution in [2.45, 2.75) is 57.4 Å². The molecule has 110 valence electrons. The van der Waals surface area contributed by atoms with E-state index in [1.165, 1.54) is 37.9 Å². The molecular weight excluding hydrogens is 248 g/mol. The second-order valence-corrected chi connectivity index (χ2v) is 7.61. The first-order chi connectivity index (χ1) is 9.61. The average Bonchev–Trinajstić information content (AvgIpc) is 2.39. The van der Waals surface area contributed by atoms with Crippen LogP contribution in [-0.2, 0) is 4.79 Å². The summed E-state index contributed by atoms with van der Waals surface area (Å²) in [7, 11) is 2.33. The maximum atomic E-state index is 11.8. The van der Waals surface area contributed by atoms with Gasteiger partial charge in [-0.3, -0.25) is 9.69 Å². The quantitative estimate of drug-likeness (QED) is 0.736. The molecule has 0 spiro atoms. The second-order valence-electron chi connectivity index (χ2n) is 7.61. The number of nitrogens with zero attached hydrogens (tertiary/aromatic N) is 1. The lowest BCUT2D eigenvalue weighted by Gasteiger charge is -2.62. The number of hydrogen-bond donors (Lipinski definition) is 1. The van der Waals surface area contributed by atoms with Gasteiger partial charge < -0.3 is 5.32 Å². The highest BCUT2D eigenvalue weighted by Crippen LogP contribution is 2.58. The predicted molar refractivity (Wildman–Crippen MR) is 79.0 cm³/mol. The van der Waals surface area contributed by atoms with Gasteiger partial charge in [0.05, 0.1) is 0 Å². The van der Waals surface area contributed by atoms with Crippen molar-refractivity contribution < 1.29 is 4.79 Å². The van der Waals surface area contributed by atoms with E-state index in [1.54, 1.807) is 5.57 Å². The molecule has 20 heavy (non-hydrogen) atoms. The van der Waals surface area contributed by atoms with Crippen LogP contribution in [0.15, 0.2) is 11.3 Å². The van der Waals surface area contributed by atoms with Crippen LogP contribution in [0.1, 0.15) is 51.9 Å². The van der Waals surface area contributed by atoms with Gasteiger partial charge in [0.15, 0.2) is 0 Å². The minimum Gasteiger partial charge on any atom is -0.330 e. The number of likely N-dealkylation sites (tertiary alicyclic amines) is 1. The number of piperidine rings is 1. The Bertz CT molecular complexity index is 483. The average molecular weight is 274 g/mol. The van der Waals surface area contributed by atoms with E-state index in [0.717, 1.165) is 30.6 Å². The zero-order chi connectivity index (χ0) is 13.9. The highest BCUT2D eigenvalue weighted by molar-refractivity contribution is 5.80. The van der Waals surface area contributed by atoms with Crippen LogP contribution in [0.5, 0.6) is 0 Å². The summed E-state index contributed by atoms with van der Waals surface area (Å²) < 4.78 is 0. The molecule has 1 saturated carbocycles. The summed E-state index contributed by atoms with van der Waals surface area (Å²) in [6.45, 7) is 3.65. The van der Waals surface area contributed by atoms with E-state index in [0.29, 0.717) is 6.42 Å². The van der Waals surface area contributed by atoms with E-state index in [2.05, 4.69) is 24.2 Å². The molecule has 4 rings (SSSR count). The first-order valence-electron chi connectivity index (χ1n) is 8.35. The maximum Gasteiger partial charge on any atom is 0.224 e. The Hall–Kier alpha value is -0.830. The Morgan fingerprint density at radius 3 is 3.05 bits per heavy atom. The van der Waals surface area contributed by atoms with Gasteiger partial charge in [-0.1, -0.05) is 6.92 Å². The molecule has 1 saturated heterocycles. The SMILES string of the molecule is C[C@@H]1C[C@H]2CC3=C(CCC(=O)N3)[C@]3(C1)[C@@H]2CCCN3C. The van der Waals surface area contributed by atoms with Crippen LogP contribution < -0.4 is 5.32 Å². The topological polar surface area (TPSA) is 32.3 Å². The molecule has 3 heteroatoms. The molecule has 4 aliphatic rings. The molecule has 4 atom stereocenters. The minimum atomic E-state index is 0.239. The number of likely N-dealkylation sites (N-methyl/N-ethyl adjacent to an activating group) is 1. The Balaban J connectivity index is 1.85. The number of rotatable bonds is 0. The lowest BCUT2D eigenvalue weighted by Crippen LogP contribution is -2.64. The number of nitrogens with one attached hydrogen (secondary N) is 1. The van der Waals surface area contributed by atoms with E-state index in [9.17, 15) is 4.79 Å². The molecule has 2 fully saturated rings. The van der Waals surface area contributed by atoms with Crippen molar-refractivity contribution in [3.05, 3.63) is 11.3 Å².